The van der Waals surface area contributed by atoms with Crippen LogP contribution in [0.15, 0.2) is 18.2 Å². The van der Waals surface area contributed by atoms with E-state index in [2.05, 4.69) is 5.32 Å². The molecule has 76 valence electrons. The van der Waals surface area contributed by atoms with E-state index in [1.807, 2.05) is 0 Å². The van der Waals surface area contributed by atoms with Crippen LogP contribution in [0.2, 0.25) is 0 Å². The molecule has 0 radical (unpaired) electrons. The fraction of sp³-hybridized carbons (Fsp3) is 0.455. The quantitative estimate of drug-likeness (QED) is 0.730. The molecule has 1 aliphatic heterocycles. The van der Waals surface area contributed by atoms with Gasteiger partial charge in [0, 0.05) is 6.04 Å². The number of hydrogen-bond donors (Lipinski definition) is 1. The number of halogens is 2. The van der Waals surface area contributed by atoms with Gasteiger partial charge in [-0.2, -0.15) is 0 Å². The number of rotatable bonds is 1. The van der Waals surface area contributed by atoms with E-state index in [0.717, 1.165) is 24.9 Å². The highest BCUT2D eigenvalue weighted by Crippen LogP contribution is 2.23. The number of nitrogens with one attached hydrogen (secondary N) is 1. The van der Waals surface area contributed by atoms with E-state index < -0.39 is 11.6 Å². The molecule has 3 heteroatoms. The van der Waals surface area contributed by atoms with E-state index in [1.165, 1.54) is 18.6 Å². The van der Waals surface area contributed by atoms with Crippen LogP contribution in [0, 0.1) is 11.6 Å². The Bertz CT molecular complexity index is 319. The molecule has 1 aromatic carbocycles. The molecule has 0 unspecified atom stereocenters. The predicted molar refractivity (Wildman–Crippen MR) is 51.0 cm³/mol. The van der Waals surface area contributed by atoms with Crippen molar-refractivity contribution in [3.63, 3.8) is 0 Å². The largest absolute Gasteiger partial charge is 0.310 e. The van der Waals surface area contributed by atoms with Crippen LogP contribution in [-0.2, 0) is 0 Å². The summed E-state index contributed by atoms with van der Waals surface area (Å²) < 4.78 is 25.6. The van der Waals surface area contributed by atoms with Crippen molar-refractivity contribution < 1.29 is 8.78 Å². The SMILES string of the molecule is Fc1ccc([C@@H]2CCCCN2)cc1F. The summed E-state index contributed by atoms with van der Waals surface area (Å²) in [6, 6.07) is 4.33. The summed E-state index contributed by atoms with van der Waals surface area (Å²) in [6.07, 6.45) is 3.32. The first kappa shape index (κ1) is 9.59. The van der Waals surface area contributed by atoms with E-state index in [1.54, 1.807) is 6.07 Å². The van der Waals surface area contributed by atoms with Gasteiger partial charge in [-0.25, -0.2) is 8.78 Å². The lowest BCUT2D eigenvalue weighted by Crippen LogP contribution is -2.26. The zero-order valence-electron chi connectivity index (χ0n) is 7.89. The zero-order valence-corrected chi connectivity index (χ0v) is 7.89. The van der Waals surface area contributed by atoms with Gasteiger partial charge in [-0.1, -0.05) is 12.5 Å². The fourth-order valence-electron chi connectivity index (χ4n) is 1.87. The maximum absolute atomic E-state index is 12.9. The lowest BCUT2D eigenvalue weighted by atomic mass is 9.97. The van der Waals surface area contributed by atoms with Crippen molar-refractivity contribution in [2.75, 3.05) is 6.54 Å². The van der Waals surface area contributed by atoms with Gasteiger partial charge < -0.3 is 5.32 Å². The van der Waals surface area contributed by atoms with Crippen LogP contribution >= 0.6 is 0 Å². The molecular formula is C11H13F2N. The van der Waals surface area contributed by atoms with E-state index in [4.69, 9.17) is 0 Å². The lowest BCUT2D eigenvalue weighted by Gasteiger charge is -2.23. The minimum absolute atomic E-state index is 0.193. The number of piperidine rings is 1. The van der Waals surface area contributed by atoms with Crippen LogP contribution < -0.4 is 5.32 Å². The third kappa shape index (κ3) is 1.93. The molecule has 1 aliphatic rings. The monoisotopic (exact) mass is 197 g/mol. The molecule has 0 amide bonds. The van der Waals surface area contributed by atoms with Gasteiger partial charge in [0.25, 0.3) is 0 Å². The summed E-state index contributed by atoms with van der Waals surface area (Å²) in [5, 5.41) is 3.29. The van der Waals surface area contributed by atoms with Crippen LogP contribution in [0.1, 0.15) is 30.9 Å². The van der Waals surface area contributed by atoms with Crippen molar-refractivity contribution >= 4 is 0 Å². The highest BCUT2D eigenvalue weighted by atomic mass is 19.2. The Morgan fingerprint density at radius 3 is 2.64 bits per heavy atom. The standard InChI is InChI=1S/C11H13F2N/c12-9-5-4-8(7-10(9)13)11-3-1-2-6-14-11/h4-5,7,11,14H,1-3,6H2/t11-/m0/s1. The molecule has 0 saturated carbocycles. The molecule has 1 aromatic rings. The first-order valence-corrected chi connectivity index (χ1v) is 4.96. The Balaban J connectivity index is 2.18. The molecule has 1 atom stereocenters. The Labute approximate surface area is 82.1 Å². The molecule has 1 nitrogen and oxygen atoms in total. The van der Waals surface area contributed by atoms with E-state index >= 15 is 0 Å². The molecule has 2 rings (SSSR count). The fourth-order valence-corrected chi connectivity index (χ4v) is 1.87. The Morgan fingerprint density at radius 2 is 2.00 bits per heavy atom. The number of benzene rings is 1. The van der Waals surface area contributed by atoms with Crippen molar-refractivity contribution in [2.45, 2.75) is 25.3 Å². The molecule has 0 spiro atoms. The molecule has 1 saturated heterocycles. The minimum atomic E-state index is -0.774. The van der Waals surface area contributed by atoms with E-state index in [-0.39, 0.29) is 6.04 Å². The second-order valence-corrected chi connectivity index (χ2v) is 3.68. The van der Waals surface area contributed by atoms with Gasteiger partial charge in [-0.05, 0) is 37.1 Å². The highest BCUT2D eigenvalue weighted by molar-refractivity contribution is 5.21. The van der Waals surface area contributed by atoms with Crippen LogP contribution in [0.25, 0.3) is 0 Å². The van der Waals surface area contributed by atoms with Crippen LogP contribution in [0.4, 0.5) is 8.78 Å². The summed E-state index contributed by atoms with van der Waals surface area (Å²) in [6.45, 7) is 0.962. The third-order valence-electron chi connectivity index (χ3n) is 2.66. The molecule has 0 bridgehead atoms. The van der Waals surface area contributed by atoms with Gasteiger partial charge in [0.2, 0.25) is 0 Å². The first-order valence-electron chi connectivity index (χ1n) is 4.96. The highest BCUT2D eigenvalue weighted by Gasteiger charge is 2.15. The average Bonchev–Trinajstić information content (AvgIpc) is 2.23. The Hall–Kier alpha value is -0.960. The molecule has 1 fully saturated rings. The van der Waals surface area contributed by atoms with Crippen molar-refractivity contribution in [1.82, 2.24) is 5.32 Å². The summed E-state index contributed by atoms with van der Waals surface area (Å²) in [7, 11) is 0. The molecule has 0 aliphatic carbocycles. The molecular weight excluding hydrogens is 184 g/mol. The van der Waals surface area contributed by atoms with Crippen molar-refractivity contribution in [1.29, 1.82) is 0 Å². The van der Waals surface area contributed by atoms with Crippen LogP contribution in [0.3, 0.4) is 0 Å². The summed E-state index contributed by atoms with van der Waals surface area (Å²) >= 11 is 0. The van der Waals surface area contributed by atoms with Gasteiger partial charge in [0.1, 0.15) is 0 Å². The average molecular weight is 197 g/mol. The van der Waals surface area contributed by atoms with E-state index in [0.29, 0.717) is 0 Å². The van der Waals surface area contributed by atoms with Gasteiger partial charge >= 0.3 is 0 Å². The van der Waals surface area contributed by atoms with Gasteiger partial charge in [0.05, 0.1) is 0 Å². The first-order chi connectivity index (χ1) is 6.77. The lowest BCUT2D eigenvalue weighted by molar-refractivity contribution is 0.409. The summed E-state index contributed by atoms with van der Waals surface area (Å²) in [5.74, 6) is -1.53. The van der Waals surface area contributed by atoms with Crippen LogP contribution in [0.5, 0.6) is 0 Å². The van der Waals surface area contributed by atoms with Crippen molar-refractivity contribution in [3.05, 3.63) is 35.4 Å². The predicted octanol–water partition coefficient (Wildman–Crippen LogP) is 2.78. The molecule has 1 N–H and O–H groups in total. The minimum Gasteiger partial charge on any atom is -0.310 e. The normalized spacial score (nSPS) is 22.3. The second-order valence-electron chi connectivity index (χ2n) is 3.68. The summed E-state index contributed by atoms with van der Waals surface area (Å²) in [4.78, 5) is 0. The molecule has 0 aromatic heterocycles. The van der Waals surface area contributed by atoms with Crippen LogP contribution in [-0.4, -0.2) is 6.54 Å². The van der Waals surface area contributed by atoms with Gasteiger partial charge in [-0.3, -0.25) is 0 Å². The van der Waals surface area contributed by atoms with Gasteiger partial charge in [-0.15, -0.1) is 0 Å². The van der Waals surface area contributed by atoms with Crippen molar-refractivity contribution in [3.8, 4) is 0 Å². The Morgan fingerprint density at radius 1 is 1.14 bits per heavy atom. The topological polar surface area (TPSA) is 12.0 Å². The second kappa shape index (κ2) is 4.05. The maximum atomic E-state index is 12.9. The Kier molecular flexibility index (Phi) is 2.77. The molecule has 14 heavy (non-hydrogen) atoms. The summed E-state index contributed by atoms with van der Waals surface area (Å²) in [5.41, 5.74) is 0.851. The van der Waals surface area contributed by atoms with Crippen molar-refractivity contribution in [2.24, 2.45) is 0 Å². The zero-order chi connectivity index (χ0) is 9.97. The van der Waals surface area contributed by atoms with E-state index in [9.17, 15) is 8.78 Å². The number of hydrogen-bond acceptors (Lipinski definition) is 1. The molecule has 1 heterocycles. The smallest absolute Gasteiger partial charge is 0.159 e. The maximum Gasteiger partial charge on any atom is 0.159 e. The van der Waals surface area contributed by atoms with Gasteiger partial charge in [0.15, 0.2) is 11.6 Å². The third-order valence-corrected chi connectivity index (χ3v) is 2.66.